The molecule has 4 rings (SSSR count). The summed E-state index contributed by atoms with van der Waals surface area (Å²) < 4.78 is 17.0. The highest BCUT2D eigenvalue weighted by Gasteiger charge is 2.51. The first-order valence-corrected chi connectivity index (χ1v) is 13.2. The van der Waals surface area contributed by atoms with Gasteiger partial charge in [0, 0.05) is 4.91 Å². The summed E-state index contributed by atoms with van der Waals surface area (Å²) in [6, 6.07) is 14.8. The van der Waals surface area contributed by atoms with Crippen LogP contribution in [-0.2, 0) is 22.5 Å². The highest BCUT2D eigenvalue weighted by molar-refractivity contribution is 6.03. The zero-order valence-electron chi connectivity index (χ0n) is 23.8. The summed E-state index contributed by atoms with van der Waals surface area (Å²) in [4.78, 5) is 35.1. The van der Waals surface area contributed by atoms with Crippen molar-refractivity contribution in [2.24, 2.45) is 10.1 Å². The molecule has 1 heterocycles. The number of nitrogens with one attached hydrogen (secondary N) is 1. The van der Waals surface area contributed by atoms with Crippen molar-refractivity contribution in [3.05, 3.63) is 75.7 Å². The van der Waals surface area contributed by atoms with E-state index in [0.717, 1.165) is 16.7 Å². The van der Waals surface area contributed by atoms with Crippen molar-refractivity contribution in [2.45, 2.75) is 83.8 Å². The van der Waals surface area contributed by atoms with Gasteiger partial charge in [-0.1, -0.05) is 41.5 Å². The number of rotatable bonds is 4. The average Bonchev–Trinajstić information content (AvgIpc) is 3.21. The molecule has 1 N–H and O–H groups in total. The van der Waals surface area contributed by atoms with Crippen molar-refractivity contribution in [1.29, 1.82) is 0 Å². The number of amides is 2. The van der Waals surface area contributed by atoms with Gasteiger partial charge < -0.3 is 14.2 Å². The minimum atomic E-state index is -1.01. The molecular formula is C29H36N6O5. The van der Waals surface area contributed by atoms with E-state index >= 15 is 0 Å². The summed E-state index contributed by atoms with van der Waals surface area (Å²) in [6.07, 6.45) is -0.367. The molecule has 40 heavy (non-hydrogen) atoms. The molecule has 0 bridgehead atoms. The number of ether oxygens (including phenoxy) is 3. The zero-order valence-corrected chi connectivity index (χ0v) is 23.8. The molecule has 1 aliphatic heterocycles. The molecule has 212 valence electrons. The molecule has 0 fully saturated rings. The lowest BCUT2D eigenvalue weighted by Crippen LogP contribution is -2.49. The fraction of sp³-hybridized carbons (Fsp3) is 0.483. The molecule has 0 saturated heterocycles. The minimum absolute atomic E-state index is 0.00657. The number of nitrogens with zero attached hydrogens (tertiary/aromatic N) is 5. The number of hydrogen-bond donors (Lipinski definition) is 1. The second-order valence-electron chi connectivity index (χ2n) is 12.0. The summed E-state index contributed by atoms with van der Waals surface area (Å²) >= 11 is 0. The van der Waals surface area contributed by atoms with Crippen LogP contribution in [0.4, 0.5) is 9.59 Å². The van der Waals surface area contributed by atoms with Crippen LogP contribution in [0.1, 0.15) is 70.7 Å². The highest BCUT2D eigenvalue weighted by Crippen LogP contribution is 2.46. The topological polar surface area (TPSA) is 138 Å². The van der Waals surface area contributed by atoms with Crippen LogP contribution in [0.3, 0.4) is 0 Å². The first-order valence-electron chi connectivity index (χ1n) is 13.2. The highest BCUT2D eigenvalue weighted by atomic mass is 16.6. The Morgan fingerprint density at radius 1 is 1.10 bits per heavy atom. The van der Waals surface area contributed by atoms with Crippen LogP contribution >= 0.6 is 0 Å². The van der Waals surface area contributed by atoms with Gasteiger partial charge in [0.05, 0.1) is 18.1 Å². The van der Waals surface area contributed by atoms with Crippen molar-refractivity contribution in [3.63, 3.8) is 0 Å². The molecule has 11 heteroatoms. The van der Waals surface area contributed by atoms with E-state index in [1.165, 1.54) is 4.90 Å². The van der Waals surface area contributed by atoms with Gasteiger partial charge in [-0.15, -0.1) is 0 Å². The number of benzene rings is 2. The van der Waals surface area contributed by atoms with Crippen molar-refractivity contribution in [2.75, 3.05) is 6.54 Å². The largest absolute Gasteiger partial charge is 0.489 e. The number of carbonyl (C=O) groups excluding carboxylic acids is 2. The molecule has 2 aromatic rings. The lowest BCUT2D eigenvalue weighted by molar-refractivity contribution is 0.0346. The summed E-state index contributed by atoms with van der Waals surface area (Å²) in [7, 11) is 0. The molecule has 2 amide bonds. The third kappa shape index (κ3) is 6.84. The lowest BCUT2D eigenvalue weighted by Gasteiger charge is -2.38. The van der Waals surface area contributed by atoms with Crippen LogP contribution in [0.15, 0.2) is 58.6 Å². The maximum atomic E-state index is 13.2. The van der Waals surface area contributed by atoms with Gasteiger partial charge in [-0.05, 0) is 88.7 Å². The smallest absolute Gasteiger partial charge is 0.417 e. The second-order valence-corrected chi connectivity index (χ2v) is 12.0. The number of azide groups is 1. The quantitative estimate of drug-likeness (QED) is 0.266. The first-order chi connectivity index (χ1) is 18.8. The third-order valence-corrected chi connectivity index (χ3v) is 6.40. The summed E-state index contributed by atoms with van der Waals surface area (Å²) in [6.45, 7) is 11.0. The van der Waals surface area contributed by atoms with Crippen LogP contribution in [0, 0.1) is 0 Å². The molecule has 2 aliphatic rings. The number of aryl methyl sites for hydroxylation is 1. The molecule has 1 aliphatic carbocycles. The van der Waals surface area contributed by atoms with E-state index in [0.29, 0.717) is 25.2 Å². The van der Waals surface area contributed by atoms with E-state index in [1.54, 1.807) is 41.5 Å². The molecule has 0 unspecified atom stereocenters. The maximum absolute atomic E-state index is 13.2. The van der Waals surface area contributed by atoms with Gasteiger partial charge in [0.15, 0.2) is 0 Å². The van der Waals surface area contributed by atoms with Crippen LogP contribution in [0.5, 0.6) is 5.75 Å². The Kier molecular flexibility index (Phi) is 7.98. The number of guanidine groups is 1. The van der Waals surface area contributed by atoms with E-state index in [1.807, 2.05) is 48.5 Å². The number of aliphatic imine (C=N–C) groups is 1. The Morgan fingerprint density at radius 3 is 2.45 bits per heavy atom. The Bertz CT molecular complexity index is 1340. The minimum Gasteiger partial charge on any atom is -0.489 e. The third-order valence-electron chi connectivity index (χ3n) is 6.40. The number of hydrogen-bond acceptors (Lipinski definition) is 7. The lowest BCUT2D eigenvalue weighted by atomic mass is 9.74. The predicted octanol–water partition coefficient (Wildman–Crippen LogP) is 6.43. The van der Waals surface area contributed by atoms with E-state index in [9.17, 15) is 15.1 Å². The number of carbonyl (C=O) groups is 2. The van der Waals surface area contributed by atoms with E-state index in [2.05, 4.69) is 15.3 Å². The number of fused-ring (bicyclic) bond motifs is 1. The fourth-order valence-corrected chi connectivity index (χ4v) is 4.79. The standard InChI is InChI=1S/C29H36N6O5/c1-27(2,3)39-25(36)31-24-32-29(18-35(24)26(37)40-28(4,5)6)15-14-20-16-21(12-13-22(20)23(29)33-34-30)38-17-19-10-8-7-9-11-19/h7-13,16,23H,14-15,17-18H2,1-6H3,(H,31,32,36)/t23-,29-/m0/s1. The SMILES string of the molecule is CC(C)(C)OC(=O)NC1=N[C@@]2(CCc3cc(OCc4ccccc4)ccc3[C@@H]2N=[N+]=[N-])CN1C(=O)OC(C)(C)C. The van der Waals surface area contributed by atoms with Crippen LogP contribution in [0.2, 0.25) is 0 Å². The van der Waals surface area contributed by atoms with Crippen molar-refractivity contribution >= 4 is 18.1 Å². The van der Waals surface area contributed by atoms with Crippen LogP contribution < -0.4 is 10.1 Å². The Hall–Kier alpha value is -4.24. The van der Waals surface area contributed by atoms with Gasteiger partial charge in [-0.25, -0.2) is 19.5 Å². The van der Waals surface area contributed by atoms with Gasteiger partial charge in [0.2, 0.25) is 5.96 Å². The van der Waals surface area contributed by atoms with Crippen LogP contribution in [0.25, 0.3) is 10.4 Å². The summed E-state index contributed by atoms with van der Waals surface area (Å²) in [5.74, 6) is 0.698. The zero-order chi connectivity index (χ0) is 29.1. The van der Waals surface area contributed by atoms with E-state index < -0.39 is 35.0 Å². The Labute approximate surface area is 234 Å². The molecular weight excluding hydrogens is 512 g/mol. The maximum Gasteiger partial charge on any atom is 0.417 e. The monoisotopic (exact) mass is 548 g/mol. The first kappa shape index (κ1) is 28.8. The average molecular weight is 549 g/mol. The van der Waals surface area contributed by atoms with Gasteiger partial charge in [-0.3, -0.25) is 5.32 Å². The van der Waals surface area contributed by atoms with E-state index in [4.69, 9.17) is 19.2 Å². The second kappa shape index (κ2) is 11.1. The summed E-state index contributed by atoms with van der Waals surface area (Å²) in [5.41, 5.74) is 9.80. The van der Waals surface area contributed by atoms with Gasteiger partial charge in [0.25, 0.3) is 0 Å². The van der Waals surface area contributed by atoms with Gasteiger partial charge in [-0.2, -0.15) is 0 Å². The molecule has 2 aromatic carbocycles. The van der Waals surface area contributed by atoms with Crippen molar-refractivity contribution in [3.8, 4) is 5.75 Å². The Balaban J connectivity index is 1.64. The molecule has 0 aromatic heterocycles. The Morgan fingerprint density at radius 2 is 1.80 bits per heavy atom. The van der Waals surface area contributed by atoms with Crippen molar-refractivity contribution in [1.82, 2.24) is 10.2 Å². The molecule has 0 radical (unpaired) electrons. The van der Waals surface area contributed by atoms with Crippen molar-refractivity contribution < 1.29 is 23.8 Å². The predicted molar refractivity (Wildman–Crippen MR) is 150 cm³/mol. The van der Waals surface area contributed by atoms with Crippen LogP contribution in [-0.4, -0.2) is 46.3 Å². The summed E-state index contributed by atoms with van der Waals surface area (Å²) in [5, 5.41) is 6.75. The van der Waals surface area contributed by atoms with E-state index in [-0.39, 0.29) is 12.5 Å². The molecule has 11 nitrogen and oxygen atoms in total. The van der Waals surface area contributed by atoms with Gasteiger partial charge in [0.1, 0.15) is 23.6 Å². The number of alkyl carbamates (subject to hydrolysis) is 1. The molecule has 1 spiro atoms. The van der Waals surface area contributed by atoms with Gasteiger partial charge >= 0.3 is 12.2 Å². The normalized spacial score (nSPS) is 20.2. The molecule has 2 atom stereocenters. The fourth-order valence-electron chi connectivity index (χ4n) is 4.79. The molecule has 0 saturated carbocycles.